The Morgan fingerprint density at radius 1 is 1.50 bits per heavy atom. The second-order valence-corrected chi connectivity index (χ2v) is 6.78. The van der Waals surface area contributed by atoms with Gasteiger partial charge in [0.2, 0.25) is 0 Å². The topological polar surface area (TPSA) is 56.7 Å². The van der Waals surface area contributed by atoms with Gasteiger partial charge in [-0.2, -0.15) is 0 Å². The minimum Gasteiger partial charge on any atom is -0.320 e. The molecule has 2 heterocycles. The minimum atomic E-state index is -0.436. The van der Waals surface area contributed by atoms with Gasteiger partial charge < -0.3 is 5.73 Å². The Morgan fingerprint density at radius 3 is 2.75 bits per heavy atom. The van der Waals surface area contributed by atoms with Crippen LogP contribution in [-0.2, 0) is 12.1 Å². The van der Waals surface area contributed by atoms with Crippen molar-refractivity contribution in [3.63, 3.8) is 0 Å². The van der Waals surface area contributed by atoms with Crippen molar-refractivity contribution in [1.29, 1.82) is 0 Å². The van der Waals surface area contributed by atoms with Crippen molar-refractivity contribution < 1.29 is 0 Å². The van der Waals surface area contributed by atoms with Crippen LogP contribution in [0, 0.1) is 0 Å². The molecular formula is C10H13BrN4S. The zero-order valence-corrected chi connectivity index (χ0v) is 11.5. The number of halogens is 1. The molecule has 16 heavy (non-hydrogen) atoms. The van der Waals surface area contributed by atoms with Crippen LogP contribution in [0.15, 0.2) is 22.1 Å². The smallest absolute Gasteiger partial charge is 0.102 e. The molecule has 0 aliphatic rings. The summed E-state index contributed by atoms with van der Waals surface area (Å²) in [6.45, 7) is 4.57. The number of thiophene rings is 1. The normalized spacial score (nSPS) is 12.0. The van der Waals surface area contributed by atoms with Gasteiger partial charge >= 0.3 is 0 Å². The molecule has 0 saturated carbocycles. The van der Waals surface area contributed by atoms with E-state index >= 15 is 0 Å². The van der Waals surface area contributed by atoms with Gasteiger partial charge in [-0.1, -0.05) is 5.21 Å². The summed E-state index contributed by atoms with van der Waals surface area (Å²) in [6, 6.07) is 4.11. The first kappa shape index (κ1) is 11.8. The van der Waals surface area contributed by atoms with Gasteiger partial charge in [-0.15, -0.1) is 16.4 Å². The maximum absolute atomic E-state index is 5.95. The summed E-state index contributed by atoms with van der Waals surface area (Å²) in [5.41, 5.74) is 6.32. The molecule has 0 aromatic carbocycles. The third-order valence-corrected chi connectivity index (χ3v) is 3.75. The molecule has 0 amide bonds. The lowest BCUT2D eigenvalue weighted by Crippen LogP contribution is -2.29. The summed E-state index contributed by atoms with van der Waals surface area (Å²) < 4.78 is 2.93. The Morgan fingerprint density at radius 2 is 2.25 bits per heavy atom. The van der Waals surface area contributed by atoms with Crippen LogP contribution in [0.5, 0.6) is 0 Å². The van der Waals surface area contributed by atoms with Gasteiger partial charge in [0.25, 0.3) is 0 Å². The Labute approximate surface area is 107 Å². The third-order valence-electron chi connectivity index (χ3n) is 2.15. The maximum atomic E-state index is 5.95. The molecule has 2 aromatic rings. The van der Waals surface area contributed by atoms with Gasteiger partial charge in [-0.3, -0.25) is 0 Å². The maximum Gasteiger partial charge on any atom is 0.102 e. The predicted octanol–water partition coefficient (Wildman–Crippen LogP) is 2.34. The quantitative estimate of drug-likeness (QED) is 0.946. The van der Waals surface area contributed by atoms with Gasteiger partial charge in [0, 0.05) is 4.88 Å². The van der Waals surface area contributed by atoms with Gasteiger partial charge in [0.05, 0.1) is 22.1 Å². The molecule has 0 fully saturated rings. The minimum absolute atomic E-state index is 0.436. The molecule has 0 atom stereocenters. The van der Waals surface area contributed by atoms with E-state index in [4.69, 9.17) is 5.73 Å². The van der Waals surface area contributed by atoms with Crippen LogP contribution in [0.2, 0.25) is 0 Å². The molecule has 0 aliphatic heterocycles. The monoisotopic (exact) mass is 300 g/mol. The van der Waals surface area contributed by atoms with Gasteiger partial charge in [0.1, 0.15) is 5.69 Å². The average Bonchev–Trinajstić information content (AvgIpc) is 2.74. The summed E-state index contributed by atoms with van der Waals surface area (Å²) in [4.78, 5) is 1.23. The van der Waals surface area contributed by atoms with Crippen molar-refractivity contribution in [2.75, 3.05) is 0 Å². The molecule has 0 aliphatic carbocycles. The number of nitrogens with zero attached hydrogens (tertiary/aromatic N) is 3. The van der Waals surface area contributed by atoms with Crippen LogP contribution in [0.1, 0.15) is 24.4 Å². The highest BCUT2D eigenvalue weighted by atomic mass is 79.9. The van der Waals surface area contributed by atoms with E-state index < -0.39 is 5.54 Å². The van der Waals surface area contributed by atoms with Crippen molar-refractivity contribution in [3.05, 3.63) is 32.7 Å². The Kier molecular flexibility index (Phi) is 3.14. The molecule has 0 unspecified atom stereocenters. The lowest BCUT2D eigenvalue weighted by Gasteiger charge is -2.13. The molecule has 0 radical (unpaired) electrons. The predicted molar refractivity (Wildman–Crippen MR) is 68.4 cm³/mol. The zero-order valence-electron chi connectivity index (χ0n) is 9.14. The number of hydrogen-bond acceptors (Lipinski definition) is 4. The second kappa shape index (κ2) is 4.27. The van der Waals surface area contributed by atoms with Crippen molar-refractivity contribution in [2.45, 2.75) is 25.9 Å². The summed E-state index contributed by atoms with van der Waals surface area (Å²) in [7, 11) is 0. The summed E-state index contributed by atoms with van der Waals surface area (Å²) in [5, 5.41) is 8.14. The van der Waals surface area contributed by atoms with E-state index in [0.29, 0.717) is 0 Å². The van der Waals surface area contributed by atoms with Crippen LogP contribution < -0.4 is 5.73 Å². The van der Waals surface area contributed by atoms with E-state index in [2.05, 4.69) is 32.3 Å². The largest absolute Gasteiger partial charge is 0.320 e. The van der Waals surface area contributed by atoms with Crippen LogP contribution >= 0.6 is 27.3 Å². The first-order valence-corrected chi connectivity index (χ1v) is 6.50. The fraction of sp³-hybridized carbons (Fsp3) is 0.400. The van der Waals surface area contributed by atoms with Crippen molar-refractivity contribution in [2.24, 2.45) is 5.73 Å². The van der Waals surface area contributed by atoms with Crippen LogP contribution in [0.3, 0.4) is 0 Å². The Balaban J connectivity index is 2.14. The Hall–Kier alpha value is -0.720. The molecule has 2 N–H and O–H groups in total. The van der Waals surface area contributed by atoms with E-state index in [1.165, 1.54) is 4.88 Å². The summed E-state index contributed by atoms with van der Waals surface area (Å²) >= 11 is 5.13. The van der Waals surface area contributed by atoms with Crippen LogP contribution in [-0.4, -0.2) is 15.0 Å². The van der Waals surface area contributed by atoms with Crippen molar-refractivity contribution in [3.8, 4) is 0 Å². The van der Waals surface area contributed by atoms with Gasteiger partial charge in [-0.05, 0) is 41.9 Å². The molecule has 4 nitrogen and oxygen atoms in total. The first-order valence-electron chi connectivity index (χ1n) is 4.89. The lowest BCUT2D eigenvalue weighted by atomic mass is 10.0. The summed E-state index contributed by atoms with van der Waals surface area (Å²) in [6.07, 6.45) is 1.90. The number of nitrogens with two attached hydrogens (primary N) is 1. The molecule has 0 spiro atoms. The van der Waals surface area contributed by atoms with E-state index in [0.717, 1.165) is 16.0 Å². The highest BCUT2D eigenvalue weighted by Crippen LogP contribution is 2.23. The molecule has 2 rings (SSSR count). The molecule has 0 bridgehead atoms. The van der Waals surface area contributed by atoms with Crippen molar-refractivity contribution >= 4 is 27.3 Å². The lowest BCUT2D eigenvalue weighted by molar-refractivity contribution is 0.533. The molecule has 6 heteroatoms. The number of rotatable bonds is 3. The fourth-order valence-electron chi connectivity index (χ4n) is 1.27. The molecule has 2 aromatic heterocycles. The van der Waals surface area contributed by atoms with Crippen LogP contribution in [0.4, 0.5) is 0 Å². The van der Waals surface area contributed by atoms with Gasteiger partial charge in [-0.25, -0.2) is 4.68 Å². The number of aromatic nitrogens is 3. The van der Waals surface area contributed by atoms with Gasteiger partial charge in [0.15, 0.2) is 0 Å². The number of hydrogen-bond donors (Lipinski definition) is 1. The summed E-state index contributed by atoms with van der Waals surface area (Å²) in [5.74, 6) is 0. The first-order chi connectivity index (χ1) is 7.45. The highest BCUT2D eigenvalue weighted by molar-refractivity contribution is 9.11. The molecule has 0 saturated heterocycles. The average molecular weight is 301 g/mol. The van der Waals surface area contributed by atoms with E-state index in [1.807, 2.05) is 30.8 Å². The SMILES string of the molecule is CC(C)(N)c1cn(Cc2ccc(Br)s2)nn1. The molecular weight excluding hydrogens is 288 g/mol. The standard InChI is InChI=1S/C10H13BrN4S/c1-10(2,12)8-6-15(14-13-8)5-7-3-4-9(11)16-7/h3-4,6H,5,12H2,1-2H3. The zero-order chi connectivity index (χ0) is 11.8. The fourth-order valence-corrected chi connectivity index (χ4v) is 2.74. The third kappa shape index (κ3) is 2.69. The second-order valence-electron chi connectivity index (χ2n) is 4.23. The Bertz CT molecular complexity index is 483. The highest BCUT2D eigenvalue weighted by Gasteiger charge is 2.18. The van der Waals surface area contributed by atoms with E-state index in [1.54, 1.807) is 11.3 Å². The van der Waals surface area contributed by atoms with Crippen molar-refractivity contribution in [1.82, 2.24) is 15.0 Å². The molecule has 86 valence electrons. The van der Waals surface area contributed by atoms with Crippen LogP contribution in [0.25, 0.3) is 0 Å². The van der Waals surface area contributed by atoms with E-state index in [-0.39, 0.29) is 0 Å². The van der Waals surface area contributed by atoms with E-state index in [9.17, 15) is 0 Å².